The van der Waals surface area contributed by atoms with E-state index in [4.69, 9.17) is 4.74 Å². The van der Waals surface area contributed by atoms with Gasteiger partial charge in [0.05, 0.1) is 24.3 Å². The van der Waals surface area contributed by atoms with E-state index in [2.05, 4.69) is 20.8 Å². The first-order valence-corrected chi connectivity index (χ1v) is 10.9. The summed E-state index contributed by atoms with van der Waals surface area (Å²) in [7, 11) is 1.38. The summed E-state index contributed by atoms with van der Waals surface area (Å²) >= 11 is 0. The maximum atomic E-state index is 14.1. The molecule has 3 aromatic rings. The first-order chi connectivity index (χ1) is 16.1. The number of amides is 1. The lowest BCUT2D eigenvalue weighted by Crippen LogP contribution is -2.29. The number of para-hydroxylation sites is 1. The molecule has 6 heteroatoms. The van der Waals surface area contributed by atoms with Crippen molar-refractivity contribution >= 4 is 23.1 Å². The van der Waals surface area contributed by atoms with E-state index in [1.807, 2.05) is 30.3 Å². The number of aliphatic hydroxyl groups is 1. The fourth-order valence-electron chi connectivity index (χ4n) is 4.18. The van der Waals surface area contributed by atoms with E-state index in [0.717, 1.165) is 11.6 Å². The summed E-state index contributed by atoms with van der Waals surface area (Å²) in [4.78, 5) is 27.8. The average molecular weight is 460 g/mol. The zero-order valence-electron chi connectivity index (χ0n) is 19.5. The van der Waals surface area contributed by atoms with Crippen LogP contribution in [0.2, 0.25) is 0 Å². The molecule has 1 unspecified atom stereocenters. The third-order valence-electron chi connectivity index (χ3n) is 5.99. The van der Waals surface area contributed by atoms with Crippen molar-refractivity contribution in [1.82, 2.24) is 0 Å². The molecule has 174 valence electrons. The quantitative estimate of drug-likeness (QED) is 0.306. The molecule has 1 aliphatic heterocycles. The van der Waals surface area contributed by atoms with Crippen LogP contribution >= 0.6 is 0 Å². The van der Waals surface area contributed by atoms with Crippen molar-refractivity contribution in [3.63, 3.8) is 0 Å². The summed E-state index contributed by atoms with van der Waals surface area (Å²) < 4.78 is 19.3. The number of ether oxygens (including phenoxy) is 1. The van der Waals surface area contributed by atoms with Crippen molar-refractivity contribution in [1.29, 1.82) is 0 Å². The highest BCUT2D eigenvalue weighted by Gasteiger charge is 2.47. The predicted octanol–water partition coefficient (Wildman–Crippen LogP) is 5.76. The van der Waals surface area contributed by atoms with Gasteiger partial charge in [-0.05, 0) is 46.9 Å². The number of Topliss-reactive ketones (excluding diaryl/α,β-unsaturated/α-hetero) is 1. The van der Waals surface area contributed by atoms with Gasteiger partial charge in [-0.25, -0.2) is 4.39 Å². The fraction of sp³-hybridized carbons (Fsp3) is 0.214. The Morgan fingerprint density at radius 1 is 0.971 bits per heavy atom. The van der Waals surface area contributed by atoms with Crippen molar-refractivity contribution < 1.29 is 23.8 Å². The van der Waals surface area contributed by atoms with Crippen LogP contribution in [-0.2, 0) is 15.0 Å². The lowest BCUT2D eigenvalue weighted by atomic mass is 9.85. The smallest absolute Gasteiger partial charge is 0.300 e. The van der Waals surface area contributed by atoms with Crippen molar-refractivity contribution in [2.45, 2.75) is 32.2 Å². The maximum Gasteiger partial charge on any atom is 0.300 e. The molecule has 0 aromatic heterocycles. The first kappa shape index (κ1) is 23.2. The number of nitrogens with zero attached hydrogens (tertiary/aromatic N) is 1. The monoisotopic (exact) mass is 459 g/mol. The number of hydrogen-bond acceptors (Lipinski definition) is 4. The molecule has 0 saturated carbocycles. The number of carbonyl (C=O) groups is 2. The van der Waals surface area contributed by atoms with E-state index in [-0.39, 0.29) is 22.3 Å². The number of anilines is 1. The van der Waals surface area contributed by atoms with E-state index in [9.17, 15) is 19.1 Å². The molecule has 0 spiro atoms. The van der Waals surface area contributed by atoms with Crippen molar-refractivity contribution in [3.8, 4) is 5.75 Å². The molecule has 34 heavy (non-hydrogen) atoms. The van der Waals surface area contributed by atoms with Crippen LogP contribution < -0.4 is 9.64 Å². The van der Waals surface area contributed by atoms with Gasteiger partial charge in [0.15, 0.2) is 0 Å². The number of ketones is 1. The van der Waals surface area contributed by atoms with Gasteiger partial charge in [0.2, 0.25) is 0 Å². The Morgan fingerprint density at radius 3 is 2.21 bits per heavy atom. The SMILES string of the molecule is COc1ccc(F)cc1/C(O)=C1\C(=O)C(=O)N(c2ccccc2)C1c1ccc(C(C)(C)C)cc1. The summed E-state index contributed by atoms with van der Waals surface area (Å²) in [5, 5.41) is 11.3. The Hall–Kier alpha value is -3.93. The Bertz CT molecular complexity index is 1270. The Kier molecular flexibility index (Phi) is 6.00. The minimum absolute atomic E-state index is 0.00451. The van der Waals surface area contributed by atoms with E-state index >= 15 is 0 Å². The summed E-state index contributed by atoms with van der Waals surface area (Å²) in [6, 6.07) is 19.1. The molecule has 1 heterocycles. The molecule has 0 bridgehead atoms. The molecule has 0 radical (unpaired) electrons. The molecule has 0 aliphatic carbocycles. The summed E-state index contributed by atoms with van der Waals surface area (Å²) in [5.41, 5.74) is 2.04. The minimum atomic E-state index is -0.899. The van der Waals surface area contributed by atoms with Gasteiger partial charge in [-0.2, -0.15) is 0 Å². The highest BCUT2D eigenvalue weighted by molar-refractivity contribution is 6.51. The zero-order valence-corrected chi connectivity index (χ0v) is 19.5. The normalized spacial score (nSPS) is 17.8. The lowest BCUT2D eigenvalue weighted by Gasteiger charge is -2.26. The second kappa shape index (κ2) is 8.78. The van der Waals surface area contributed by atoms with E-state index < -0.39 is 29.3 Å². The highest BCUT2D eigenvalue weighted by Crippen LogP contribution is 2.43. The van der Waals surface area contributed by atoms with Gasteiger partial charge in [0, 0.05) is 5.69 Å². The molecule has 1 N–H and O–H groups in total. The van der Waals surface area contributed by atoms with Crippen LogP contribution in [-0.4, -0.2) is 23.9 Å². The molecule has 1 atom stereocenters. The van der Waals surface area contributed by atoms with Crippen LogP contribution in [0.4, 0.5) is 10.1 Å². The summed E-state index contributed by atoms with van der Waals surface area (Å²) in [5.74, 6) is -2.53. The van der Waals surface area contributed by atoms with Gasteiger partial charge in [-0.15, -0.1) is 0 Å². The van der Waals surface area contributed by atoms with Crippen LogP contribution in [0.5, 0.6) is 5.75 Å². The topological polar surface area (TPSA) is 66.8 Å². The van der Waals surface area contributed by atoms with Crippen molar-refractivity contribution in [3.05, 3.63) is 101 Å². The number of carbonyl (C=O) groups excluding carboxylic acids is 2. The van der Waals surface area contributed by atoms with Crippen LogP contribution in [0.25, 0.3) is 5.76 Å². The number of aliphatic hydroxyl groups excluding tert-OH is 1. The van der Waals surface area contributed by atoms with E-state index in [1.54, 1.807) is 24.3 Å². The van der Waals surface area contributed by atoms with Gasteiger partial charge in [0.25, 0.3) is 11.7 Å². The molecule has 1 amide bonds. The van der Waals surface area contributed by atoms with Crippen LogP contribution in [0, 0.1) is 5.82 Å². The molecular weight excluding hydrogens is 433 g/mol. The molecule has 1 fully saturated rings. The third kappa shape index (κ3) is 4.07. The highest BCUT2D eigenvalue weighted by atomic mass is 19.1. The number of hydrogen-bond donors (Lipinski definition) is 1. The Labute approximate surface area is 198 Å². The van der Waals surface area contributed by atoms with Gasteiger partial charge in [-0.3, -0.25) is 14.5 Å². The molecular formula is C28H26FNO4. The molecule has 3 aromatic carbocycles. The molecule has 1 aliphatic rings. The Morgan fingerprint density at radius 2 is 1.62 bits per heavy atom. The summed E-state index contributed by atoms with van der Waals surface area (Å²) in [6.07, 6.45) is 0. The van der Waals surface area contributed by atoms with Gasteiger partial charge < -0.3 is 9.84 Å². The molecule has 4 rings (SSSR count). The number of methoxy groups -OCH3 is 1. The van der Waals surface area contributed by atoms with Crippen LogP contribution in [0.3, 0.4) is 0 Å². The zero-order chi connectivity index (χ0) is 24.6. The standard InChI is InChI=1S/C28H26FNO4/c1-28(2,3)18-12-10-17(11-13-18)24-23(25(31)21-16-19(29)14-15-22(21)34-4)26(32)27(33)30(24)20-8-6-5-7-9-20/h5-16,24,31H,1-4H3/b25-23+. The van der Waals surface area contributed by atoms with E-state index in [1.165, 1.54) is 24.1 Å². The summed E-state index contributed by atoms with van der Waals surface area (Å²) in [6.45, 7) is 6.27. The molecule has 5 nitrogen and oxygen atoms in total. The van der Waals surface area contributed by atoms with Gasteiger partial charge in [0.1, 0.15) is 17.3 Å². The largest absolute Gasteiger partial charge is 0.507 e. The second-order valence-corrected chi connectivity index (χ2v) is 9.22. The number of rotatable bonds is 4. The lowest BCUT2D eigenvalue weighted by molar-refractivity contribution is -0.132. The van der Waals surface area contributed by atoms with Gasteiger partial charge >= 0.3 is 0 Å². The third-order valence-corrected chi connectivity index (χ3v) is 5.99. The first-order valence-electron chi connectivity index (χ1n) is 10.9. The van der Waals surface area contributed by atoms with Crippen LogP contribution in [0.15, 0.2) is 78.4 Å². The van der Waals surface area contributed by atoms with E-state index in [0.29, 0.717) is 11.3 Å². The van der Waals surface area contributed by atoms with Crippen LogP contribution in [0.1, 0.15) is 43.5 Å². The second-order valence-electron chi connectivity index (χ2n) is 9.22. The van der Waals surface area contributed by atoms with Crippen molar-refractivity contribution in [2.24, 2.45) is 0 Å². The predicted molar refractivity (Wildman–Crippen MR) is 129 cm³/mol. The maximum absolute atomic E-state index is 14.1. The Balaban J connectivity index is 1.96. The number of halogens is 1. The number of benzene rings is 3. The molecule has 1 saturated heterocycles. The average Bonchev–Trinajstić information content (AvgIpc) is 3.09. The fourth-order valence-corrected chi connectivity index (χ4v) is 4.18. The van der Waals surface area contributed by atoms with Crippen molar-refractivity contribution in [2.75, 3.05) is 12.0 Å². The minimum Gasteiger partial charge on any atom is -0.507 e. The van der Waals surface area contributed by atoms with Gasteiger partial charge in [-0.1, -0.05) is 63.2 Å².